The zero-order valence-corrected chi connectivity index (χ0v) is 25.2. The third-order valence-corrected chi connectivity index (χ3v) is 9.32. The molecule has 5 atom stereocenters. The molecule has 43 heavy (non-hydrogen) atoms. The van der Waals surface area contributed by atoms with Crippen LogP contribution in [0.5, 0.6) is 0 Å². The molecule has 2 heterocycles. The van der Waals surface area contributed by atoms with Gasteiger partial charge in [-0.1, -0.05) is 30.0 Å². The molecule has 6 N–H and O–H groups in total. The number of aliphatic hydroxyl groups is 3. The topological polar surface area (TPSA) is 195 Å². The van der Waals surface area contributed by atoms with E-state index in [0.717, 1.165) is 22.4 Å². The predicted octanol–water partition coefficient (Wildman–Crippen LogP) is 2.06. The number of nitrogens with one attached hydrogen (secondary N) is 1. The van der Waals surface area contributed by atoms with Crippen molar-refractivity contribution >= 4 is 30.4 Å². The number of thioether (sulfide) groups is 1. The highest BCUT2D eigenvalue weighted by molar-refractivity contribution is 8.13. The smallest absolute Gasteiger partial charge is 0.395 e. The number of aliphatic hydroxyl groups excluding tert-OH is 2. The number of halogens is 3. The minimum atomic E-state index is -4.70. The second kappa shape index (κ2) is 13.7. The molecule has 1 aromatic heterocycles. The number of nitrogen functional groups attached to an aromatic ring is 1. The molecule has 0 aliphatic carbocycles. The number of benzene rings is 1. The zero-order chi connectivity index (χ0) is 32.2. The molecular formula is C25H34F3N4O9PS. The molecule has 1 aromatic carbocycles. The van der Waals surface area contributed by atoms with E-state index in [1.165, 1.54) is 51.2 Å². The second-order valence-corrected chi connectivity index (χ2v) is 13.4. The van der Waals surface area contributed by atoms with Gasteiger partial charge in [0, 0.05) is 18.5 Å². The molecule has 240 valence electrons. The maximum Gasteiger partial charge on any atom is 0.416 e. The van der Waals surface area contributed by atoms with Gasteiger partial charge in [0.2, 0.25) is 0 Å². The average Bonchev–Trinajstić information content (AvgIpc) is 3.16. The van der Waals surface area contributed by atoms with Gasteiger partial charge in [-0.25, -0.2) is 14.4 Å². The maximum atomic E-state index is 13.7. The lowest BCUT2D eigenvalue weighted by molar-refractivity contribution is -0.138. The number of ether oxygens (including phenoxy) is 1. The fraction of sp³-hybridized carbons (Fsp3) is 0.560. The standard InChI is InChI=1S/C25H34F3N4O9PS/c1-23(2,14-33)21(35)43-11-10-39-42(38,30-12-15-6-4-5-7-16(15)25(26,27)28)40-13-17-19(34)24(3,37)20(41-17)32-9-8-18(29)31-22(32)36/h4-9,17,19-20,33-34,37H,10-14H2,1-3H3,(H,30,38)(H2,29,31,36)/t17-,19?,20?,24+,42?/m1/s1. The first-order valence-corrected chi connectivity index (χ1v) is 15.4. The van der Waals surface area contributed by atoms with Crippen LogP contribution in [0.15, 0.2) is 41.3 Å². The van der Waals surface area contributed by atoms with Crippen molar-refractivity contribution in [2.75, 3.05) is 31.3 Å². The number of rotatable bonds is 13. The summed E-state index contributed by atoms with van der Waals surface area (Å²) >= 11 is 0.791. The van der Waals surface area contributed by atoms with Crippen LogP contribution < -0.4 is 16.5 Å². The van der Waals surface area contributed by atoms with E-state index in [-0.39, 0.29) is 28.9 Å². The van der Waals surface area contributed by atoms with Crippen molar-refractivity contribution in [3.05, 3.63) is 58.1 Å². The van der Waals surface area contributed by atoms with E-state index in [1.807, 2.05) is 0 Å². The van der Waals surface area contributed by atoms with Gasteiger partial charge in [0.25, 0.3) is 0 Å². The van der Waals surface area contributed by atoms with Crippen LogP contribution in [-0.4, -0.2) is 73.4 Å². The van der Waals surface area contributed by atoms with E-state index in [9.17, 15) is 42.6 Å². The molecule has 2 aromatic rings. The Bertz CT molecular complexity index is 1390. The monoisotopic (exact) mass is 654 g/mol. The van der Waals surface area contributed by atoms with Crippen LogP contribution in [0, 0.1) is 5.41 Å². The minimum Gasteiger partial charge on any atom is -0.395 e. The summed E-state index contributed by atoms with van der Waals surface area (Å²) in [6.07, 6.45) is -8.02. The number of nitrogens with zero attached hydrogens (tertiary/aromatic N) is 2. The first kappa shape index (κ1) is 35.1. The Hall–Kier alpha value is -2.34. The number of hydrogen-bond donors (Lipinski definition) is 5. The van der Waals surface area contributed by atoms with Crippen molar-refractivity contribution in [3.8, 4) is 0 Å². The third kappa shape index (κ3) is 8.65. The van der Waals surface area contributed by atoms with Gasteiger partial charge >= 0.3 is 19.6 Å². The summed E-state index contributed by atoms with van der Waals surface area (Å²) in [6.45, 7) is 2.19. The zero-order valence-electron chi connectivity index (χ0n) is 23.5. The Labute approximate surface area is 249 Å². The molecule has 0 saturated carbocycles. The van der Waals surface area contributed by atoms with Crippen LogP contribution in [0.3, 0.4) is 0 Å². The SMILES string of the molecule is CC(C)(CO)C(=O)SCCOP(=O)(NCc1ccccc1C(F)(F)F)OC[C@H]1OC(n2ccc(N)nc2=O)[C@@](C)(O)C1O. The molecule has 1 aliphatic heterocycles. The summed E-state index contributed by atoms with van der Waals surface area (Å²) in [6, 6.07) is 5.86. The van der Waals surface area contributed by atoms with Crippen molar-refractivity contribution < 1.29 is 51.6 Å². The predicted molar refractivity (Wildman–Crippen MR) is 150 cm³/mol. The molecular weight excluding hydrogens is 620 g/mol. The van der Waals surface area contributed by atoms with Gasteiger partial charge in [-0.2, -0.15) is 18.2 Å². The Morgan fingerprint density at radius 3 is 2.58 bits per heavy atom. The number of carbonyl (C=O) groups excluding carboxylic acids is 1. The lowest BCUT2D eigenvalue weighted by Gasteiger charge is -2.27. The van der Waals surface area contributed by atoms with Gasteiger partial charge in [0.05, 0.1) is 30.8 Å². The molecule has 1 saturated heterocycles. The third-order valence-electron chi connectivity index (χ3n) is 6.58. The van der Waals surface area contributed by atoms with Crippen LogP contribution in [0.25, 0.3) is 0 Å². The van der Waals surface area contributed by atoms with Crippen molar-refractivity contribution in [1.82, 2.24) is 14.6 Å². The maximum absolute atomic E-state index is 13.7. The van der Waals surface area contributed by atoms with E-state index in [0.29, 0.717) is 0 Å². The van der Waals surface area contributed by atoms with E-state index >= 15 is 0 Å². The molecule has 0 spiro atoms. The fourth-order valence-corrected chi connectivity index (χ4v) is 6.19. The van der Waals surface area contributed by atoms with Crippen molar-refractivity contribution in [2.45, 2.75) is 57.5 Å². The van der Waals surface area contributed by atoms with Gasteiger partial charge in [-0.3, -0.25) is 18.4 Å². The number of alkyl halides is 3. The number of nitrogens with two attached hydrogens (primary N) is 1. The summed E-state index contributed by atoms with van der Waals surface area (Å²) in [5.41, 5.74) is 0.282. The van der Waals surface area contributed by atoms with Crippen molar-refractivity contribution in [1.29, 1.82) is 0 Å². The van der Waals surface area contributed by atoms with Crippen LogP contribution in [-0.2, 0) is 35.9 Å². The highest BCUT2D eigenvalue weighted by Gasteiger charge is 2.54. The van der Waals surface area contributed by atoms with Crippen LogP contribution in [0.2, 0.25) is 0 Å². The fourth-order valence-electron chi connectivity index (χ4n) is 3.97. The lowest BCUT2D eigenvalue weighted by atomic mass is 9.96. The Morgan fingerprint density at radius 1 is 1.28 bits per heavy atom. The Balaban J connectivity index is 1.76. The molecule has 0 bridgehead atoms. The van der Waals surface area contributed by atoms with Gasteiger partial charge in [0.1, 0.15) is 23.6 Å². The number of hydrogen-bond acceptors (Lipinski definition) is 12. The van der Waals surface area contributed by atoms with Gasteiger partial charge < -0.3 is 25.8 Å². The molecule has 3 rings (SSSR count). The highest BCUT2D eigenvalue weighted by atomic mass is 32.2. The van der Waals surface area contributed by atoms with E-state index < -0.39 is 74.4 Å². The highest BCUT2D eigenvalue weighted by Crippen LogP contribution is 2.47. The molecule has 3 unspecified atom stereocenters. The summed E-state index contributed by atoms with van der Waals surface area (Å²) in [5, 5.41) is 33.0. The molecule has 0 amide bonds. The molecule has 18 heteroatoms. The summed E-state index contributed by atoms with van der Waals surface area (Å²) in [5.74, 6) is -0.126. The molecule has 13 nitrogen and oxygen atoms in total. The molecule has 1 aliphatic rings. The summed E-state index contributed by atoms with van der Waals surface area (Å²) < 4.78 is 71.5. The number of anilines is 1. The van der Waals surface area contributed by atoms with Crippen LogP contribution in [0.4, 0.5) is 19.0 Å². The summed E-state index contributed by atoms with van der Waals surface area (Å²) in [7, 11) is -4.45. The lowest BCUT2D eigenvalue weighted by Crippen LogP contribution is -2.46. The summed E-state index contributed by atoms with van der Waals surface area (Å²) in [4.78, 5) is 28.1. The first-order chi connectivity index (χ1) is 19.9. The Morgan fingerprint density at radius 2 is 1.95 bits per heavy atom. The largest absolute Gasteiger partial charge is 0.416 e. The number of aromatic nitrogens is 2. The quantitative estimate of drug-likeness (QED) is 0.156. The first-order valence-electron chi connectivity index (χ1n) is 12.9. The van der Waals surface area contributed by atoms with Crippen molar-refractivity contribution in [2.24, 2.45) is 5.41 Å². The second-order valence-electron chi connectivity index (χ2n) is 10.5. The van der Waals surface area contributed by atoms with E-state index in [2.05, 4.69) is 10.1 Å². The van der Waals surface area contributed by atoms with Gasteiger partial charge in [-0.05, 0) is 38.5 Å². The number of carbonyl (C=O) groups is 1. The van der Waals surface area contributed by atoms with Gasteiger partial charge in [-0.15, -0.1) is 0 Å². The van der Waals surface area contributed by atoms with Crippen molar-refractivity contribution in [3.63, 3.8) is 0 Å². The van der Waals surface area contributed by atoms with Crippen LogP contribution in [0.1, 0.15) is 38.1 Å². The normalized spacial score (nSPS) is 24.2. The average molecular weight is 655 g/mol. The minimum absolute atomic E-state index is 0.0389. The Kier molecular flexibility index (Phi) is 11.2. The molecule has 1 fully saturated rings. The van der Waals surface area contributed by atoms with Crippen LogP contribution >= 0.6 is 19.5 Å². The van der Waals surface area contributed by atoms with Gasteiger partial charge in [0.15, 0.2) is 11.3 Å². The van der Waals surface area contributed by atoms with E-state index in [4.69, 9.17) is 19.5 Å². The van der Waals surface area contributed by atoms with E-state index in [1.54, 1.807) is 0 Å². The molecule has 0 radical (unpaired) electrons.